The van der Waals surface area contributed by atoms with Gasteiger partial charge in [0.1, 0.15) is 12.4 Å². The zero-order valence-electron chi connectivity index (χ0n) is 12.3. The monoisotopic (exact) mass is 305 g/mol. The van der Waals surface area contributed by atoms with Crippen LogP contribution in [0.4, 0.5) is 5.95 Å². The Balaban J connectivity index is 1.34. The van der Waals surface area contributed by atoms with Crippen molar-refractivity contribution >= 4 is 18.2 Å². The average molecular weight is 305 g/mol. The third-order valence-corrected chi connectivity index (χ3v) is 4.28. The number of nitrogens with zero attached hydrogens (tertiary/aromatic N) is 5. The van der Waals surface area contributed by atoms with Gasteiger partial charge in [0.15, 0.2) is 0 Å². The van der Waals surface area contributed by atoms with E-state index >= 15 is 0 Å². The average Bonchev–Trinajstić information content (AvgIpc) is 3.18. The first-order chi connectivity index (χ1) is 10.8. The van der Waals surface area contributed by atoms with Crippen molar-refractivity contribution in [3.63, 3.8) is 0 Å². The molecule has 1 aliphatic carbocycles. The maximum absolute atomic E-state index is 12.4. The maximum Gasteiger partial charge on any atom is 0.278 e. The van der Waals surface area contributed by atoms with Gasteiger partial charge in [-0.05, 0) is 24.4 Å². The predicted octanol–water partition coefficient (Wildman–Crippen LogP) is 0.413. The van der Waals surface area contributed by atoms with Crippen LogP contribution in [0.25, 0.3) is 0 Å². The quantitative estimate of drug-likeness (QED) is 0.783. The van der Waals surface area contributed by atoms with Gasteiger partial charge in [-0.2, -0.15) is 4.98 Å². The van der Waals surface area contributed by atoms with Crippen LogP contribution in [-0.4, -0.2) is 66.2 Å². The zero-order valence-corrected chi connectivity index (χ0v) is 12.3. The van der Waals surface area contributed by atoms with Crippen molar-refractivity contribution in [2.75, 3.05) is 37.7 Å². The number of carbonyl (C=O) groups is 1. The van der Waals surface area contributed by atoms with Gasteiger partial charge in [-0.3, -0.25) is 14.7 Å². The van der Waals surface area contributed by atoms with Crippen molar-refractivity contribution in [3.05, 3.63) is 5.89 Å². The Bertz CT molecular complexity index is 577. The summed E-state index contributed by atoms with van der Waals surface area (Å²) in [6, 6.07) is -0.342. The molecule has 22 heavy (non-hydrogen) atoms. The molecule has 0 N–H and O–H groups in total. The van der Waals surface area contributed by atoms with E-state index in [4.69, 9.17) is 9.26 Å². The summed E-state index contributed by atoms with van der Waals surface area (Å²) in [4.78, 5) is 24.7. The number of hydrogen-bond acceptors (Lipinski definition) is 7. The summed E-state index contributed by atoms with van der Waals surface area (Å²) in [6.45, 7) is 4.22. The third kappa shape index (κ3) is 2.76. The fourth-order valence-electron chi connectivity index (χ4n) is 2.73. The molecule has 118 valence electrons. The van der Waals surface area contributed by atoms with Crippen LogP contribution < -0.4 is 4.90 Å². The molecule has 0 bridgehead atoms. The maximum atomic E-state index is 12.4. The molecule has 4 rings (SSSR count). The SMILES string of the molecule is O=C1C(CCN2CCOCC2)N=CN1c1noc(C2CC2)n1. The smallest absolute Gasteiger partial charge is 0.278 e. The molecule has 0 radical (unpaired) electrons. The molecule has 1 amide bonds. The molecule has 3 aliphatic rings. The molecule has 0 aromatic carbocycles. The van der Waals surface area contributed by atoms with Crippen molar-refractivity contribution in [2.45, 2.75) is 31.2 Å². The van der Waals surface area contributed by atoms with E-state index in [2.05, 4.69) is 20.0 Å². The molecular weight excluding hydrogens is 286 g/mol. The van der Waals surface area contributed by atoms with Crippen LogP contribution in [0, 0.1) is 0 Å². The van der Waals surface area contributed by atoms with Gasteiger partial charge in [0.05, 0.1) is 13.2 Å². The summed E-state index contributed by atoms with van der Waals surface area (Å²) in [7, 11) is 0. The molecule has 1 aromatic rings. The lowest BCUT2D eigenvalue weighted by atomic mass is 10.2. The van der Waals surface area contributed by atoms with Crippen molar-refractivity contribution in [1.29, 1.82) is 0 Å². The first-order valence-electron chi connectivity index (χ1n) is 7.81. The largest absolute Gasteiger partial charge is 0.379 e. The zero-order chi connectivity index (χ0) is 14.9. The van der Waals surface area contributed by atoms with Crippen LogP contribution in [-0.2, 0) is 9.53 Å². The van der Waals surface area contributed by atoms with Crippen LogP contribution in [0.1, 0.15) is 31.1 Å². The highest BCUT2D eigenvalue weighted by Gasteiger charge is 2.35. The summed E-state index contributed by atoms with van der Waals surface area (Å²) in [5, 5.41) is 3.90. The minimum absolute atomic E-state index is 0.0728. The normalized spacial score (nSPS) is 26.1. The van der Waals surface area contributed by atoms with E-state index in [1.807, 2.05) is 0 Å². The van der Waals surface area contributed by atoms with Gasteiger partial charge < -0.3 is 9.26 Å². The standard InChI is InChI=1S/C14H19N5O3/c20-13-11(3-4-18-5-7-21-8-6-18)15-9-19(13)14-16-12(22-17-14)10-1-2-10/h9-11H,1-8H2. The summed E-state index contributed by atoms with van der Waals surface area (Å²) in [6.07, 6.45) is 4.41. The molecule has 2 fully saturated rings. The van der Waals surface area contributed by atoms with E-state index in [-0.39, 0.29) is 11.9 Å². The molecule has 8 nitrogen and oxygen atoms in total. The molecular formula is C14H19N5O3. The van der Waals surface area contributed by atoms with Crippen molar-refractivity contribution in [3.8, 4) is 0 Å². The highest BCUT2D eigenvalue weighted by atomic mass is 16.5. The van der Waals surface area contributed by atoms with Crippen LogP contribution in [0.5, 0.6) is 0 Å². The highest BCUT2D eigenvalue weighted by molar-refractivity contribution is 6.13. The van der Waals surface area contributed by atoms with E-state index in [0.29, 0.717) is 24.2 Å². The number of anilines is 1. The predicted molar refractivity (Wildman–Crippen MR) is 77.9 cm³/mol. The van der Waals surface area contributed by atoms with Crippen LogP contribution in [0.15, 0.2) is 9.52 Å². The summed E-state index contributed by atoms with van der Waals surface area (Å²) in [5.74, 6) is 1.25. The topological polar surface area (TPSA) is 84.1 Å². The van der Waals surface area contributed by atoms with Crippen molar-refractivity contribution < 1.29 is 14.1 Å². The van der Waals surface area contributed by atoms with Gasteiger partial charge in [0, 0.05) is 25.6 Å². The molecule has 1 atom stereocenters. The minimum atomic E-state index is -0.342. The Hall–Kier alpha value is -1.80. The molecule has 2 aliphatic heterocycles. The van der Waals surface area contributed by atoms with Gasteiger partial charge in [0.25, 0.3) is 11.9 Å². The number of aromatic nitrogens is 2. The second kappa shape index (κ2) is 5.77. The number of carbonyl (C=O) groups excluding carboxylic acids is 1. The Labute approximate surface area is 128 Å². The van der Waals surface area contributed by atoms with Gasteiger partial charge in [-0.1, -0.05) is 0 Å². The second-order valence-electron chi connectivity index (χ2n) is 5.94. The van der Waals surface area contributed by atoms with Gasteiger partial charge in [0.2, 0.25) is 5.89 Å². The molecule has 0 spiro atoms. The Morgan fingerprint density at radius 1 is 1.27 bits per heavy atom. The van der Waals surface area contributed by atoms with E-state index in [0.717, 1.165) is 45.7 Å². The van der Waals surface area contributed by atoms with Crippen molar-refractivity contribution in [2.24, 2.45) is 4.99 Å². The molecule has 8 heteroatoms. The van der Waals surface area contributed by atoms with Gasteiger partial charge >= 0.3 is 0 Å². The Kier molecular flexibility index (Phi) is 3.63. The first kappa shape index (κ1) is 13.8. The van der Waals surface area contributed by atoms with Crippen LogP contribution >= 0.6 is 0 Å². The number of aliphatic imine (C=N–C) groups is 1. The summed E-state index contributed by atoms with van der Waals surface area (Å²) >= 11 is 0. The molecule has 1 aromatic heterocycles. The van der Waals surface area contributed by atoms with E-state index < -0.39 is 0 Å². The lowest BCUT2D eigenvalue weighted by Gasteiger charge is -2.26. The lowest BCUT2D eigenvalue weighted by Crippen LogP contribution is -2.39. The molecule has 3 heterocycles. The fraction of sp³-hybridized carbons (Fsp3) is 0.714. The third-order valence-electron chi connectivity index (χ3n) is 4.28. The number of morpholine rings is 1. The number of ether oxygens (including phenoxy) is 1. The first-order valence-corrected chi connectivity index (χ1v) is 7.81. The van der Waals surface area contributed by atoms with E-state index in [9.17, 15) is 4.79 Å². The number of amides is 1. The number of hydrogen-bond donors (Lipinski definition) is 0. The molecule has 1 saturated heterocycles. The Morgan fingerprint density at radius 3 is 2.86 bits per heavy atom. The lowest BCUT2D eigenvalue weighted by molar-refractivity contribution is -0.118. The fourth-order valence-corrected chi connectivity index (χ4v) is 2.73. The summed E-state index contributed by atoms with van der Waals surface area (Å²) in [5.41, 5.74) is 0. The Morgan fingerprint density at radius 2 is 2.09 bits per heavy atom. The summed E-state index contributed by atoms with van der Waals surface area (Å²) < 4.78 is 10.5. The molecule has 1 unspecified atom stereocenters. The van der Waals surface area contributed by atoms with E-state index in [1.54, 1.807) is 0 Å². The van der Waals surface area contributed by atoms with E-state index in [1.165, 1.54) is 11.2 Å². The highest BCUT2D eigenvalue weighted by Crippen LogP contribution is 2.39. The van der Waals surface area contributed by atoms with Crippen molar-refractivity contribution in [1.82, 2.24) is 15.0 Å². The second-order valence-corrected chi connectivity index (χ2v) is 5.94. The minimum Gasteiger partial charge on any atom is -0.379 e. The van der Waals surface area contributed by atoms with Crippen LogP contribution in [0.3, 0.4) is 0 Å². The van der Waals surface area contributed by atoms with Gasteiger partial charge in [-0.25, -0.2) is 4.90 Å². The molecule has 1 saturated carbocycles. The number of rotatable bonds is 5. The van der Waals surface area contributed by atoms with Gasteiger partial charge in [-0.15, -0.1) is 0 Å². The van der Waals surface area contributed by atoms with Crippen LogP contribution in [0.2, 0.25) is 0 Å².